The SMILES string of the molecule is CS(=O)(=O)c1ccc(O[C@H]2c3cc(Cl)cc(Cl)c3C[C@@H]2N2CC(O)C2)cc1. The molecule has 1 aliphatic carbocycles. The Balaban J connectivity index is 1.66. The van der Waals surface area contributed by atoms with Crippen LogP contribution in [0.3, 0.4) is 0 Å². The van der Waals surface area contributed by atoms with Crippen molar-refractivity contribution in [2.75, 3.05) is 19.3 Å². The van der Waals surface area contributed by atoms with E-state index in [1.807, 2.05) is 6.07 Å². The summed E-state index contributed by atoms with van der Waals surface area (Å²) in [6.45, 7) is 1.19. The minimum atomic E-state index is -3.26. The fraction of sp³-hybridized carbons (Fsp3) is 0.368. The Kier molecular flexibility index (Phi) is 4.89. The first kappa shape index (κ1) is 19.0. The summed E-state index contributed by atoms with van der Waals surface area (Å²) < 4.78 is 29.5. The molecule has 5 nitrogen and oxygen atoms in total. The molecule has 27 heavy (non-hydrogen) atoms. The molecule has 2 aromatic carbocycles. The van der Waals surface area contributed by atoms with E-state index in [9.17, 15) is 13.5 Å². The lowest BCUT2D eigenvalue weighted by Gasteiger charge is -2.42. The van der Waals surface area contributed by atoms with E-state index in [1.165, 1.54) is 18.4 Å². The van der Waals surface area contributed by atoms with E-state index in [-0.39, 0.29) is 23.1 Å². The van der Waals surface area contributed by atoms with Crippen LogP contribution >= 0.6 is 23.2 Å². The number of nitrogens with zero attached hydrogens (tertiary/aromatic N) is 1. The first-order valence-corrected chi connectivity index (χ1v) is 11.2. The van der Waals surface area contributed by atoms with Gasteiger partial charge in [-0.25, -0.2) is 8.42 Å². The molecule has 0 saturated carbocycles. The first-order chi connectivity index (χ1) is 12.7. The largest absolute Gasteiger partial charge is 0.484 e. The Hall–Kier alpha value is -1.31. The molecule has 0 bridgehead atoms. The second kappa shape index (κ2) is 6.94. The van der Waals surface area contributed by atoms with Crippen molar-refractivity contribution in [3.8, 4) is 5.75 Å². The van der Waals surface area contributed by atoms with E-state index in [0.717, 1.165) is 11.1 Å². The minimum absolute atomic E-state index is 0.0361. The molecule has 8 heteroatoms. The molecule has 2 aliphatic rings. The number of aliphatic hydroxyl groups excluding tert-OH is 1. The summed E-state index contributed by atoms with van der Waals surface area (Å²) in [7, 11) is -3.26. The van der Waals surface area contributed by atoms with Gasteiger partial charge in [-0.15, -0.1) is 0 Å². The lowest BCUT2D eigenvalue weighted by atomic mass is 10.0. The number of hydrogen-bond donors (Lipinski definition) is 1. The summed E-state index contributed by atoms with van der Waals surface area (Å²) in [4.78, 5) is 2.42. The standard InChI is InChI=1S/C19H19Cl2NO4S/c1-27(24,25)14-4-2-13(3-5-14)26-19-16-6-11(20)7-17(21)15(16)8-18(19)22-9-12(23)10-22/h2-7,12,18-19,23H,8-10H2,1H3/t18-,19-/m0/s1. The van der Waals surface area contributed by atoms with Gasteiger partial charge in [-0.2, -0.15) is 0 Å². The quantitative estimate of drug-likeness (QED) is 0.811. The van der Waals surface area contributed by atoms with Crippen molar-refractivity contribution in [3.05, 3.63) is 57.6 Å². The maximum absolute atomic E-state index is 11.6. The number of hydrogen-bond acceptors (Lipinski definition) is 5. The zero-order chi connectivity index (χ0) is 19.3. The highest BCUT2D eigenvalue weighted by Crippen LogP contribution is 2.43. The molecule has 0 radical (unpaired) electrons. The van der Waals surface area contributed by atoms with Crippen molar-refractivity contribution in [2.45, 2.75) is 29.6 Å². The first-order valence-electron chi connectivity index (χ1n) is 8.59. The number of β-amino-alcohol motifs (C(OH)–C–C–N with tert-alkyl or cyclic N) is 1. The summed E-state index contributed by atoms with van der Waals surface area (Å²) in [5.41, 5.74) is 1.94. The van der Waals surface area contributed by atoms with Gasteiger partial charge in [-0.1, -0.05) is 23.2 Å². The average Bonchev–Trinajstić information content (AvgIpc) is 2.90. The molecule has 0 unspecified atom stereocenters. The Labute approximate surface area is 168 Å². The second-order valence-electron chi connectivity index (χ2n) is 7.12. The number of fused-ring (bicyclic) bond motifs is 1. The molecule has 1 aliphatic heterocycles. The van der Waals surface area contributed by atoms with Crippen LogP contribution in [-0.4, -0.2) is 49.9 Å². The Bertz CT molecular complexity index is 972. The third-order valence-corrected chi connectivity index (χ3v) is 6.82. The van der Waals surface area contributed by atoms with Gasteiger partial charge in [0.2, 0.25) is 0 Å². The van der Waals surface area contributed by atoms with Crippen LogP contribution in [0.2, 0.25) is 10.0 Å². The van der Waals surface area contributed by atoms with E-state index in [4.69, 9.17) is 27.9 Å². The number of rotatable bonds is 4. The second-order valence-corrected chi connectivity index (χ2v) is 9.98. The summed E-state index contributed by atoms with van der Waals surface area (Å²) in [6, 6.07) is 10.0. The van der Waals surface area contributed by atoms with Crippen LogP contribution in [0.1, 0.15) is 17.2 Å². The fourth-order valence-electron chi connectivity index (χ4n) is 3.75. The molecule has 1 saturated heterocycles. The Morgan fingerprint density at radius 2 is 1.81 bits per heavy atom. The van der Waals surface area contributed by atoms with Gasteiger partial charge >= 0.3 is 0 Å². The maximum Gasteiger partial charge on any atom is 0.175 e. The number of halogens is 2. The molecule has 2 atom stereocenters. The predicted molar refractivity (Wildman–Crippen MR) is 104 cm³/mol. The summed E-state index contributed by atoms with van der Waals surface area (Å²) >= 11 is 12.6. The van der Waals surface area contributed by atoms with Crippen LogP contribution in [0.25, 0.3) is 0 Å². The van der Waals surface area contributed by atoms with E-state index in [1.54, 1.807) is 18.2 Å². The van der Waals surface area contributed by atoms with Crippen molar-refractivity contribution in [1.29, 1.82) is 0 Å². The fourth-order valence-corrected chi connectivity index (χ4v) is 4.97. The third-order valence-electron chi connectivity index (χ3n) is 5.14. The molecule has 0 amide bonds. The van der Waals surface area contributed by atoms with E-state index < -0.39 is 9.84 Å². The number of ether oxygens (including phenoxy) is 1. The molecule has 0 aromatic heterocycles. The molecule has 1 fully saturated rings. The van der Waals surface area contributed by atoms with E-state index >= 15 is 0 Å². The van der Waals surface area contributed by atoms with Crippen LogP contribution in [0.15, 0.2) is 41.3 Å². The number of sulfone groups is 1. The monoisotopic (exact) mass is 427 g/mol. The molecule has 0 spiro atoms. The zero-order valence-electron chi connectivity index (χ0n) is 14.6. The highest BCUT2D eigenvalue weighted by atomic mass is 35.5. The van der Waals surface area contributed by atoms with E-state index in [0.29, 0.717) is 35.3 Å². The van der Waals surface area contributed by atoms with Gasteiger partial charge in [-0.05, 0) is 48.4 Å². The average molecular weight is 428 g/mol. The van der Waals surface area contributed by atoms with Crippen molar-refractivity contribution < 1.29 is 18.3 Å². The smallest absolute Gasteiger partial charge is 0.175 e. The molecule has 2 aromatic rings. The zero-order valence-corrected chi connectivity index (χ0v) is 16.9. The van der Waals surface area contributed by atoms with Crippen molar-refractivity contribution >= 4 is 33.0 Å². The van der Waals surface area contributed by atoms with Gasteiger partial charge in [0.1, 0.15) is 11.9 Å². The van der Waals surface area contributed by atoms with Gasteiger partial charge in [0.25, 0.3) is 0 Å². The predicted octanol–water partition coefficient (Wildman–Crippen LogP) is 3.12. The van der Waals surface area contributed by atoms with E-state index in [2.05, 4.69) is 4.90 Å². The molecule has 1 N–H and O–H groups in total. The molecule has 1 heterocycles. The van der Waals surface area contributed by atoms with Gasteiger partial charge in [-0.3, -0.25) is 4.90 Å². The minimum Gasteiger partial charge on any atom is -0.484 e. The Morgan fingerprint density at radius 1 is 1.15 bits per heavy atom. The molecule has 144 valence electrons. The van der Waals surface area contributed by atoms with Gasteiger partial charge in [0, 0.05) is 35.0 Å². The van der Waals surface area contributed by atoms with Crippen molar-refractivity contribution in [3.63, 3.8) is 0 Å². The number of benzene rings is 2. The molecular weight excluding hydrogens is 409 g/mol. The van der Waals surface area contributed by atoms with Crippen LogP contribution in [0.5, 0.6) is 5.75 Å². The summed E-state index contributed by atoms with van der Waals surface area (Å²) in [6.07, 6.45) is 1.27. The van der Waals surface area contributed by atoms with Crippen LogP contribution < -0.4 is 4.74 Å². The van der Waals surface area contributed by atoms with Crippen LogP contribution in [0, 0.1) is 0 Å². The molecular formula is C19H19Cl2NO4S. The van der Waals surface area contributed by atoms with Crippen molar-refractivity contribution in [1.82, 2.24) is 4.90 Å². The van der Waals surface area contributed by atoms with Gasteiger partial charge < -0.3 is 9.84 Å². The topological polar surface area (TPSA) is 66.8 Å². The van der Waals surface area contributed by atoms with Crippen LogP contribution in [0.4, 0.5) is 0 Å². The Morgan fingerprint density at radius 3 is 2.41 bits per heavy atom. The third kappa shape index (κ3) is 3.69. The number of aliphatic hydroxyl groups is 1. The summed E-state index contributed by atoms with van der Waals surface area (Å²) in [5, 5.41) is 10.8. The lowest BCUT2D eigenvalue weighted by molar-refractivity contribution is -0.0501. The van der Waals surface area contributed by atoms with Crippen molar-refractivity contribution in [2.24, 2.45) is 0 Å². The highest BCUT2D eigenvalue weighted by Gasteiger charge is 2.43. The number of likely N-dealkylation sites (tertiary alicyclic amines) is 1. The highest BCUT2D eigenvalue weighted by molar-refractivity contribution is 7.90. The molecule has 4 rings (SSSR count). The lowest BCUT2D eigenvalue weighted by Crippen LogP contribution is -2.57. The summed E-state index contributed by atoms with van der Waals surface area (Å²) in [5.74, 6) is 0.572. The normalized spacial score (nSPS) is 23.1. The van der Waals surface area contributed by atoms with Gasteiger partial charge in [0.15, 0.2) is 9.84 Å². The van der Waals surface area contributed by atoms with Gasteiger partial charge in [0.05, 0.1) is 17.0 Å². The van der Waals surface area contributed by atoms with Crippen LogP contribution in [-0.2, 0) is 16.3 Å². The maximum atomic E-state index is 11.6.